The maximum absolute atomic E-state index is 12.8. The van der Waals surface area contributed by atoms with Gasteiger partial charge in [-0.15, -0.1) is 0 Å². The van der Waals surface area contributed by atoms with Crippen molar-refractivity contribution in [2.24, 2.45) is 0 Å². The number of carboxylic acids is 2. The molecule has 2 amide bonds. The molecule has 2 aliphatic heterocycles. The number of aliphatic carboxylic acids is 2. The Labute approximate surface area is 332 Å². The Balaban J connectivity index is 1.22. The number of hydrogen-bond acceptors (Lipinski definition) is 10. The third-order valence-electron chi connectivity index (χ3n) is 9.60. The van der Waals surface area contributed by atoms with E-state index in [4.69, 9.17) is 32.7 Å². The van der Waals surface area contributed by atoms with E-state index in [0.29, 0.717) is 55.2 Å². The number of benzene rings is 4. The summed E-state index contributed by atoms with van der Waals surface area (Å²) in [6.07, 6.45) is 0.0820. The minimum Gasteiger partial charge on any atom is -0.482 e. The lowest BCUT2D eigenvalue weighted by atomic mass is 9.95. The van der Waals surface area contributed by atoms with Crippen LogP contribution in [0, 0.1) is 0 Å². The number of anilines is 2. The Hall–Kier alpha value is -5.22. The third-order valence-corrected chi connectivity index (χ3v) is 10.4. The van der Waals surface area contributed by atoms with Gasteiger partial charge in [0.1, 0.15) is 23.6 Å². The minimum atomic E-state index is -1.08. The van der Waals surface area contributed by atoms with E-state index in [9.17, 15) is 39.6 Å². The Bertz CT molecular complexity index is 1980. The summed E-state index contributed by atoms with van der Waals surface area (Å²) in [5.74, 6) is -1.78. The summed E-state index contributed by atoms with van der Waals surface area (Å²) < 4.78 is 11.6. The number of hydrogen-bond donors (Lipinski definition) is 6. The van der Waals surface area contributed by atoms with Crippen molar-refractivity contribution >= 4 is 58.3 Å². The van der Waals surface area contributed by atoms with Crippen LogP contribution in [-0.2, 0) is 19.2 Å². The Morgan fingerprint density at radius 3 is 1.41 bits per heavy atom. The molecule has 6 rings (SSSR count). The predicted octanol–water partition coefficient (Wildman–Crippen LogP) is 4.30. The molecule has 0 saturated carbocycles. The number of carboxylic acid groups (broad SMARTS) is 2. The topological polar surface area (TPSA) is 198 Å². The van der Waals surface area contributed by atoms with Crippen molar-refractivity contribution in [3.63, 3.8) is 0 Å². The van der Waals surface area contributed by atoms with Crippen LogP contribution in [0.25, 0.3) is 33.4 Å². The van der Waals surface area contributed by atoms with Gasteiger partial charge < -0.3 is 50.3 Å². The fraction of sp³-hybridized carbons (Fsp3) is 0.300. The summed E-state index contributed by atoms with van der Waals surface area (Å²) in [5.41, 5.74) is 5.28. The van der Waals surface area contributed by atoms with E-state index in [1.54, 1.807) is 24.3 Å². The van der Waals surface area contributed by atoms with Gasteiger partial charge in [-0.25, -0.2) is 0 Å². The maximum Gasteiger partial charge on any atom is 0.320 e. The lowest BCUT2D eigenvalue weighted by molar-refractivity contribution is -0.140. The van der Waals surface area contributed by atoms with Crippen molar-refractivity contribution in [1.82, 2.24) is 10.6 Å². The second-order valence-corrected chi connectivity index (χ2v) is 13.8. The molecule has 0 unspecified atom stereocenters. The van der Waals surface area contributed by atoms with Crippen molar-refractivity contribution in [1.29, 1.82) is 0 Å². The zero-order valence-electron chi connectivity index (χ0n) is 30.0. The highest BCUT2D eigenvalue weighted by Gasteiger charge is 2.29. The van der Waals surface area contributed by atoms with Crippen molar-refractivity contribution in [3.05, 3.63) is 82.8 Å². The van der Waals surface area contributed by atoms with Gasteiger partial charge in [0.2, 0.25) is 0 Å². The number of rotatable bonds is 17. The van der Waals surface area contributed by atoms with Crippen LogP contribution in [0.4, 0.5) is 11.4 Å². The van der Waals surface area contributed by atoms with Gasteiger partial charge in [-0.2, -0.15) is 0 Å². The number of nitrogens with zero attached hydrogens (tertiary/aromatic N) is 2. The second-order valence-electron chi connectivity index (χ2n) is 13.1. The van der Waals surface area contributed by atoms with Gasteiger partial charge in [-0.3, -0.25) is 19.2 Å². The van der Waals surface area contributed by atoms with Crippen molar-refractivity contribution in [2.75, 3.05) is 62.4 Å². The first-order valence-electron chi connectivity index (χ1n) is 17.9. The fourth-order valence-corrected chi connectivity index (χ4v) is 7.42. The van der Waals surface area contributed by atoms with Crippen LogP contribution in [0.2, 0.25) is 10.0 Å². The maximum atomic E-state index is 12.8. The predicted molar refractivity (Wildman–Crippen MR) is 211 cm³/mol. The van der Waals surface area contributed by atoms with E-state index < -0.39 is 24.0 Å². The first kappa shape index (κ1) is 40.4. The molecule has 0 radical (unpaired) electrons. The Morgan fingerprint density at radius 1 is 0.643 bits per heavy atom. The number of ether oxygens (including phenoxy) is 2. The fourth-order valence-electron chi connectivity index (χ4n) is 6.75. The van der Waals surface area contributed by atoms with Gasteiger partial charge in [-0.05, 0) is 48.2 Å². The largest absolute Gasteiger partial charge is 0.482 e. The van der Waals surface area contributed by atoms with Gasteiger partial charge in [0.15, 0.2) is 13.2 Å². The molecule has 6 N–H and O–H groups in total. The molecule has 2 aliphatic rings. The number of aliphatic hydroxyl groups excluding tert-OH is 2. The molecule has 0 aromatic heterocycles. The summed E-state index contributed by atoms with van der Waals surface area (Å²) in [5, 5.41) is 43.7. The lowest BCUT2D eigenvalue weighted by Gasteiger charge is -2.30. The SMILES string of the molecule is O=C(O)[C@H](CCO)NCCN1C(=O)COc2cc(-c3cccc(-c4cccc(-c5ccc6c(c5)OCC(=O)N6CCN[C@@H](CCO)C(=O)O)c4Cl)c3Cl)ccc21. The highest BCUT2D eigenvalue weighted by atomic mass is 35.5. The zero-order chi connectivity index (χ0) is 39.9. The van der Waals surface area contributed by atoms with Gasteiger partial charge in [0.25, 0.3) is 11.8 Å². The monoisotopic (exact) mass is 806 g/mol. The van der Waals surface area contributed by atoms with Crippen LogP contribution in [0.1, 0.15) is 12.8 Å². The molecule has 4 aromatic carbocycles. The van der Waals surface area contributed by atoms with Crippen LogP contribution in [-0.4, -0.2) is 109 Å². The van der Waals surface area contributed by atoms with Crippen LogP contribution in [0.5, 0.6) is 11.5 Å². The summed E-state index contributed by atoms with van der Waals surface area (Å²) in [6, 6.07) is 20.1. The summed E-state index contributed by atoms with van der Waals surface area (Å²) >= 11 is 14.2. The Morgan fingerprint density at radius 2 is 1.04 bits per heavy atom. The van der Waals surface area contributed by atoms with Crippen molar-refractivity contribution in [2.45, 2.75) is 24.9 Å². The molecular weight excluding hydrogens is 767 g/mol. The highest BCUT2D eigenvalue weighted by Crippen LogP contribution is 2.45. The summed E-state index contributed by atoms with van der Waals surface area (Å²) in [6.45, 7) is -0.179. The normalized spacial score (nSPS) is 14.7. The lowest BCUT2D eigenvalue weighted by Crippen LogP contribution is -2.46. The second kappa shape index (κ2) is 18.2. The molecule has 4 aromatic rings. The van der Waals surface area contributed by atoms with Crippen LogP contribution in [0.15, 0.2) is 72.8 Å². The van der Waals surface area contributed by atoms with Gasteiger partial charge in [0.05, 0.1) is 21.4 Å². The molecular formula is C40H40Cl2N4O10. The van der Waals surface area contributed by atoms with E-state index in [2.05, 4.69) is 10.6 Å². The molecule has 0 aliphatic carbocycles. The van der Waals surface area contributed by atoms with Crippen LogP contribution >= 0.6 is 23.2 Å². The molecule has 2 atom stereocenters. The first-order chi connectivity index (χ1) is 27.0. The molecule has 56 heavy (non-hydrogen) atoms. The molecule has 0 fully saturated rings. The summed E-state index contributed by atoms with van der Waals surface area (Å²) in [4.78, 5) is 51.6. The van der Waals surface area contributed by atoms with E-state index in [0.717, 1.165) is 11.1 Å². The quantitative estimate of drug-likeness (QED) is 0.0887. The summed E-state index contributed by atoms with van der Waals surface area (Å²) in [7, 11) is 0. The van der Waals surface area contributed by atoms with Crippen LogP contribution < -0.4 is 29.9 Å². The zero-order valence-corrected chi connectivity index (χ0v) is 31.6. The van der Waals surface area contributed by atoms with E-state index in [1.807, 2.05) is 48.5 Å². The molecule has 0 saturated heterocycles. The average Bonchev–Trinajstić information content (AvgIpc) is 3.18. The van der Waals surface area contributed by atoms with E-state index in [-0.39, 0.29) is 77.3 Å². The molecule has 14 nitrogen and oxygen atoms in total. The van der Waals surface area contributed by atoms with Gasteiger partial charge in [0, 0.05) is 61.6 Å². The Kier molecular flexibility index (Phi) is 13.1. The average molecular weight is 808 g/mol. The number of amides is 2. The number of nitrogens with one attached hydrogen (secondary N) is 2. The van der Waals surface area contributed by atoms with Gasteiger partial charge in [-0.1, -0.05) is 71.7 Å². The van der Waals surface area contributed by atoms with Crippen molar-refractivity contribution < 1.29 is 49.1 Å². The molecule has 0 bridgehead atoms. The highest BCUT2D eigenvalue weighted by molar-refractivity contribution is 6.39. The number of fused-ring (bicyclic) bond motifs is 2. The van der Waals surface area contributed by atoms with E-state index >= 15 is 0 Å². The number of carbonyl (C=O) groups is 4. The minimum absolute atomic E-state index is 0.0410. The number of aliphatic hydroxyl groups is 2. The standard InChI is InChI=1S/C40H40Cl2N4O10/c41-37-25(23-7-9-31-33(19-23)55-21-35(49)45(31)15-13-43-29(11-17-47)39(51)52)3-1-5-27(37)28-6-2-4-26(38(28)42)24-8-10-32-34(20-24)56-22-36(50)46(32)16-14-44-30(12-18-48)40(53)54/h1-10,19-20,29-30,43-44,47-48H,11-18,21-22H2,(H,51,52)(H,53,54)/t29-,30-/m0/s1. The van der Waals surface area contributed by atoms with Crippen LogP contribution in [0.3, 0.4) is 0 Å². The number of halogens is 2. The molecule has 16 heteroatoms. The third kappa shape index (κ3) is 8.76. The smallest absolute Gasteiger partial charge is 0.320 e. The number of carbonyl (C=O) groups excluding carboxylic acids is 2. The molecule has 294 valence electrons. The van der Waals surface area contributed by atoms with Gasteiger partial charge >= 0.3 is 11.9 Å². The molecule has 0 spiro atoms. The molecule has 2 heterocycles. The van der Waals surface area contributed by atoms with Crippen molar-refractivity contribution in [3.8, 4) is 44.9 Å². The van der Waals surface area contributed by atoms with E-state index in [1.165, 1.54) is 9.80 Å². The first-order valence-corrected chi connectivity index (χ1v) is 18.6.